The lowest BCUT2D eigenvalue weighted by Crippen LogP contribution is -2.60. The van der Waals surface area contributed by atoms with Gasteiger partial charge in [-0.05, 0) is 278 Å². The third-order valence-electron chi connectivity index (χ3n) is 28.1. The number of anilines is 18. The second kappa shape index (κ2) is 34.3. The van der Waals surface area contributed by atoms with Crippen LogP contribution >= 0.6 is 22.7 Å². The van der Waals surface area contributed by atoms with Crippen molar-refractivity contribution in [1.82, 2.24) is 0 Å². The van der Waals surface area contributed by atoms with E-state index in [0.29, 0.717) is 4.90 Å². The number of hydrogen-bond donors (Lipinski definition) is 0. The maximum Gasteiger partial charge on any atom is 0.269 e. The van der Waals surface area contributed by atoms with Gasteiger partial charge in [0.25, 0.3) is 13.4 Å². The zero-order valence-corrected chi connectivity index (χ0v) is 90.0. The molecule has 8 nitrogen and oxygen atoms in total. The molecule has 12 heteroatoms. The Morgan fingerprint density at radius 1 is 0.243 bits per heavy atom. The highest BCUT2D eigenvalue weighted by atomic mass is 32.1. The lowest BCUT2D eigenvalue weighted by Gasteiger charge is -2.42. The van der Waals surface area contributed by atoms with Gasteiger partial charge in [0.1, 0.15) is 11.2 Å². The first kappa shape index (κ1) is 71.5. The number of fused-ring (bicyclic) bond motifs is 16. The summed E-state index contributed by atoms with van der Waals surface area (Å²) in [6, 6.07) is 40.0. The molecule has 0 saturated heterocycles. The molecule has 4 aromatic heterocycles. The number of hydrogen-bond acceptors (Lipinski definition) is 10. The van der Waals surface area contributed by atoms with Crippen LogP contribution in [-0.2, 0) is 54.1 Å². The third-order valence-corrected chi connectivity index (χ3v) is 30.5. The molecule has 144 heavy (non-hydrogen) atoms. The molecule has 0 N–H and O–H groups in total. The fourth-order valence-electron chi connectivity index (χ4n) is 19.7. The summed E-state index contributed by atoms with van der Waals surface area (Å²) in [4.78, 5) is 10.3. The van der Waals surface area contributed by atoms with Crippen LogP contribution < -0.4 is 60.8 Å². The predicted molar refractivity (Wildman–Crippen MR) is 628 cm³/mol. The van der Waals surface area contributed by atoms with Crippen LogP contribution in [0.5, 0.6) is 0 Å². The molecule has 18 aromatic rings. The Labute approximate surface area is 900 Å². The van der Waals surface area contributed by atoms with Crippen molar-refractivity contribution in [2.45, 2.75) is 262 Å². The topological polar surface area (TPSA) is 45.7 Å². The van der Waals surface area contributed by atoms with Crippen molar-refractivity contribution in [2.75, 3.05) is 29.4 Å². The molecule has 8 heterocycles. The minimum atomic E-state index is -1.72. The summed E-state index contributed by atoms with van der Waals surface area (Å²) in [5, 5.41) is 1.92. The molecule has 0 atom stereocenters. The van der Waals surface area contributed by atoms with Gasteiger partial charge in [0.2, 0.25) is 11.8 Å². The first-order valence-corrected chi connectivity index (χ1v) is 51.5. The summed E-state index contributed by atoms with van der Waals surface area (Å²) in [5.41, 5.74) is 6.38. The van der Waals surface area contributed by atoms with Gasteiger partial charge in [0.05, 0.1) is 57.0 Å². The van der Waals surface area contributed by atoms with Gasteiger partial charge in [-0.25, -0.2) is 0 Å². The van der Waals surface area contributed by atoms with E-state index in [-0.39, 0.29) is 111 Å². The number of para-hydroxylation sites is 2. The number of rotatable bonds is 10. The Morgan fingerprint density at radius 3 is 1.06 bits per heavy atom. The Bertz CT molecular complexity index is 9440. The summed E-state index contributed by atoms with van der Waals surface area (Å²) in [6.07, 6.45) is 0. The molecule has 0 unspecified atom stereocenters. The number of nitrogens with zero attached hydrogens (tertiary/aromatic N) is 6. The van der Waals surface area contributed by atoms with E-state index in [0.717, 1.165) is 72.1 Å². The molecule has 0 bridgehead atoms. The molecule has 14 aromatic carbocycles. The molecule has 22 rings (SSSR count). The van der Waals surface area contributed by atoms with E-state index in [1.54, 1.807) is 104 Å². The highest BCUT2D eigenvalue weighted by molar-refractivity contribution is 7.34. The molecule has 4 aliphatic rings. The van der Waals surface area contributed by atoms with Crippen LogP contribution in [0, 0.1) is 0 Å². The van der Waals surface area contributed by atoms with Gasteiger partial charge in [-0.1, -0.05) is 353 Å². The summed E-state index contributed by atoms with van der Waals surface area (Å²) in [5.74, 6) is 0.290. The highest BCUT2D eigenvalue weighted by Crippen LogP contribution is 2.57. The molecule has 0 fully saturated rings. The maximum absolute atomic E-state index is 11.3. The van der Waals surface area contributed by atoms with Crippen LogP contribution in [0.15, 0.2) is 312 Å². The first-order valence-electron chi connectivity index (χ1n) is 62.4. The monoisotopic (exact) mass is 1950 g/mol. The van der Waals surface area contributed by atoms with Crippen LogP contribution in [0.1, 0.15) is 298 Å². The zero-order valence-electron chi connectivity index (χ0n) is 113. The molecule has 0 spiro atoms. The average molecular weight is 1950 g/mol. The average Bonchev–Trinajstić information content (AvgIpc) is 1.51. The van der Waals surface area contributed by atoms with Crippen molar-refractivity contribution >= 4 is 212 Å². The van der Waals surface area contributed by atoms with E-state index in [2.05, 4.69) is 270 Å². The van der Waals surface area contributed by atoms with Crippen LogP contribution in [0.25, 0.3) is 42.1 Å². The Kier molecular flexibility index (Phi) is 17.0. The third kappa shape index (κ3) is 17.2. The maximum atomic E-state index is 11.3. The van der Waals surface area contributed by atoms with Gasteiger partial charge in [-0.3, -0.25) is 9.80 Å². The van der Waals surface area contributed by atoms with Crippen molar-refractivity contribution in [2.24, 2.45) is 0 Å². The van der Waals surface area contributed by atoms with Gasteiger partial charge < -0.3 is 28.4 Å². The van der Waals surface area contributed by atoms with E-state index < -0.39 is 224 Å². The fraction of sp³-hybridized carbons (Fsp3) is 0.303. The normalized spacial score (nSPS) is 16.4. The van der Waals surface area contributed by atoms with Crippen LogP contribution in [0.3, 0.4) is 0 Å². The summed E-state index contributed by atoms with van der Waals surface area (Å²) < 4.78 is 265. The molecule has 0 aliphatic carbocycles. The SMILES string of the molecule is CC(C)(C)c1ccc(N(c2ccc(C(C)(C)C)cc2)c2cc3c4c(c2)N(c2ccc(C(C)(C)C)cc2)c2c(sc5ccc(C(C)(C)C)cc25)B4c2c(oc4ccccc24)N3c2ccc(C(C)(C)C)cc2)cc1.[2H]c1c([2H])c(C(C)(C)C)c([2H])c([2H])c1N1c2oc3c([2H])c([2H])c([2H])c([2H])c3c2B2c3sc4c([2H])c([2H])c(C(C)(C)C)c([2H])c4c3N(c3c([2H])c([2H])c(C(C)(C)C)c([2H])c3[2H])c3c([2H])c(N(c4c([2H])c([2H])c(C(C)(C)C)c([2H])c4[2H])c4c([2H])c([2H])c(C(C)(C)C)c([2H])c4[2H])c([2H])c1c32. The minimum absolute atomic E-state index is 0.000187. The number of thiophene rings is 2. The van der Waals surface area contributed by atoms with Crippen molar-refractivity contribution in [3.05, 3.63) is 358 Å². The van der Waals surface area contributed by atoms with E-state index in [4.69, 9.17) is 10.2 Å². The second-order valence-corrected chi connectivity index (χ2v) is 51.3. The van der Waals surface area contributed by atoms with Crippen molar-refractivity contribution in [1.29, 1.82) is 0 Å². The lowest BCUT2D eigenvalue weighted by atomic mass is 9.36. The summed E-state index contributed by atoms with van der Waals surface area (Å²) in [6.45, 7) is 57.6. The molecular formula is C132H140B2N6O2S2. The Balaban J connectivity index is 0.000000200. The second-order valence-electron chi connectivity index (χ2n) is 49.2. The van der Waals surface area contributed by atoms with Crippen molar-refractivity contribution in [3.8, 4) is 0 Å². The largest absolute Gasteiger partial charge is 0.440 e. The summed E-state index contributed by atoms with van der Waals surface area (Å²) >= 11 is 2.73. The van der Waals surface area contributed by atoms with Crippen LogP contribution in [0.4, 0.5) is 103 Å². The van der Waals surface area contributed by atoms with Crippen molar-refractivity contribution in [3.63, 3.8) is 0 Å². The molecule has 728 valence electrons. The minimum Gasteiger partial charge on any atom is -0.440 e. The fourth-order valence-corrected chi connectivity index (χ4v) is 22.2. The van der Waals surface area contributed by atoms with Gasteiger partial charge in [0, 0.05) is 120 Å². The molecule has 0 radical (unpaired) electrons. The standard InChI is InChI=1S/2C66H70BN3OS/c2*1-62(2,3)41-20-29-46(30-21-41)68(47-31-22-42(23-32-47)63(4,5)6)50-39-53-58-54(40-50)70(49-35-26-44(27-36-49)65(10,11)12)61-57(51-18-16-17-19-55(51)71-61)67(58)60-59(52-38-45(66(13,14)15)28-37-56(52)72-60)69(53)48-33-24-43(25-34-48)64(7,8)9/h2*16-40H,1-15H3/i16D,17D,18D,19D,20D,21D,22D,23D,24D,25D,26D,27D,28D,29D,30D,31D,32D,33D,34D,35D,36D,37D,38D,39D,40D;. The number of benzene rings is 14. The lowest BCUT2D eigenvalue weighted by molar-refractivity contribution is 0.590. The highest BCUT2D eigenvalue weighted by Gasteiger charge is 2.52. The molecule has 0 amide bonds. The van der Waals surface area contributed by atoms with Crippen molar-refractivity contribution < 1.29 is 43.1 Å². The molecule has 4 aliphatic heterocycles. The van der Waals surface area contributed by atoms with E-state index in [1.165, 1.54) is 65.0 Å². The summed E-state index contributed by atoms with van der Waals surface area (Å²) in [7, 11) is 0. The van der Waals surface area contributed by atoms with Gasteiger partial charge in [0.15, 0.2) is 0 Å². The zero-order chi connectivity index (χ0) is 124. The van der Waals surface area contributed by atoms with Gasteiger partial charge in [-0.2, -0.15) is 0 Å². The Hall–Kier alpha value is -13.0. The Morgan fingerprint density at radius 2 is 0.590 bits per heavy atom. The van der Waals surface area contributed by atoms with E-state index in [9.17, 15) is 32.9 Å². The smallest absolute Gasteiger partial charge is 0.269 e. The molecule has 0 saturated carbocycles. The molecular weight excluding hydrogens is 1790 g/mol. The number of furan rings is 2. The first-order chi connectivity index (χ1) is 78.2. The van der Waals surface area contributed by atoms with E-state index >= 15 is 0 Å². The quantitative estimate of drug-likeness (QED) is 0.126. The van der Waals surface area contributed by atoms with Crippen LogP contribution in [0.2, 0.25) is 0 Å². The van der Waals surface area contributed by atoms with Crippen LogP contribution in [-0.4, -0.2) is 13.4 Å². The predicted octanol–water partition coefficient (Wildman–Crippen LogP) is 35.4. The van der Waals surface area contributed by atoms with Gasteiger partial charge >= 0.3 is 0 Å². The van der Waals surface area contributed by atoms with Gasteiger partial charge in [-0.15, -0.1) is 22.7 Å². The van der Waals surface area contributed by atoms with E-state index in [1.807, 2.05) is 11.3 Å².